The number of rotatable bonds is 7. The molecule has 0 aromatic carbocycles. The molecule has 3 aliphatic heterocycles. The Hall–Kier alpha value is -1.71. The highest BCUT2D eigenvalue weighted by Gasteiger charge is 2.48. The van der Waals surface area contributed by atoms with Crippen molar-refractivity contribution in [3.05, 3.63) is 0 Å². The average Bonchev–Trinajstić information content (AvgIpc) is 3.53. The van der Waals surface area contributed by atoms with Crippen LogP contribution in [0.5, 0.6) is 0 Å². The van der Waals surface area contributed by atoms with Crippen LogP contribution in [0, 0.1) is 29.1 Å². The van der Waals surface area contributed by atoms with Crippen molar-refractivity contribution < 1.29 is 9.59 Å². The number of carbonyl (C=O) groups excluding carboxylic acids is 2. The highest BCUT2D eigenvalue weighted by Crippen LogP contribution is 2.43. The molecule has 6 unspecified atom stereocenters. The summed E-state index contributed by atoms with van der Waals surface area (Å²) in [4.78, 5) is 30.5. The minimum atomic E-state index is -0.171. The predicted molar refractivity (Wildman–Crippen MR) is 140 cm³/mol. The van der Waals surface area contributed by atoms with Gasteiger partial charge in [0.15, 0.2) is 0 Å². The Labute approximate surface area is 216 Å². The Bertz CT molecular complexity index is 808. The zero-order chi connectivity index (χ0) is 25.2. The van der Waals surface area contributed by atoms with E-state index in [4.69, 9.17) is 16.9 Å². The maximum absolute atomic E-state index is 13.8. The van der Waals surface area contributed by atoms with Crippen molar-refractivity contribution in [2.24, 2.45) is 35.1 Å². The Morgan fingerprint density at radius 2 is 1.64 bits per heavy atom. The van der Waals surface area contributed by atoms with E-state index in [2.05, 4.69) is 20.4 Å². The summed E-state index contributed by atoms with van der Waals surface area (Å²) in [6.07, 6.45) is 12.3. The van der Waals surface area contributed by atoms with Crippen LogP contribution in [0.25, 0.3) is 0 Å². The molecule has 202 valence electrons. The highest BCUT2D eigenvalue weighted by molar-refractivity contribution is 5.83. The Balaban J connectivity index is 1.24. The molecule has 0 radical (unpaired) electrons. The van der Waals surface area contributed by atoms with Crippen molar-refractivity contribution in [2.75, 3.05) is 26.2 Å². The van der Waals surface area contributed by atoms with Crippen LogP contribution in [-0.4, -0.2) is 77.9 Å². The van der Waals surface area contributed by atoms with Crippen molar-refractivity contribution in [1.29, 1.82) is 5.41 Å². The molecule has 5 rings (SSSR count). The van der Waals surface area contributed by atoms with Gasteiger partial charge in [-0.15, -0.1) is 0 Å². The molecule has 9 nitrogen and oxygen atoms in total. The third kappa shape index (κ3) is 5.73. The van der Waals surface area contributed by atoms with E-state index >= 15 is 0 Å². The van der Waals surface area contributed by atoms with E-state index < -0.39 is 0 Å². The molecule has 5 aliphatic rings. The second-order valence-corrected chi connectivity index (χ2v) is 12.3. The molecular weight excluding hydrogens is 454 g/mol. The number of piperidine rings is 1. The van der Waals surface area contributed by atoms with Crippen LogP contribution in [0.4, 0.5) is 0 Å². The van der Waals surface area contributed by atoms with E-state index in [1.54, 1.807) is 0 Å². The Morgan fingerprint density at radius 1 is 0.917 bits per heavy atom. The summed E-state index contributed by atoms with van der Waals surface area (Å²) in [6.45, 7) is 4.24. The van der Waals surface area contributed by atoms with Crippen molar-refractivity contribution in [3.63, 3.8) is 0 Å². The molecule has 2 saturated carbocycles. The number of fused-ring (bicyclic) bond motifs is 1. The lowest BCUT2D eigenvalue weighted by Gasteiger charge is -2.40. The number of nitrogens with two attached hydrogens (primary N) is 2. The minimum Gasteiger partial charge on any atom is -0.387 e. The number of primary amides is 1. The predicted octanol–water partition coefficient (Wildman–Crippen LogP) is 1.36. The van der Waals surface area contributed by atoms with Gasteiger partial charge in [-0.3, -0.25) is 25.2 Å². The van der Waals surface area contributed by atoms with Crippen molar-refractivity contribution in [1.82, 2.24) is 20.4 Å². The van der Waals surface area contributed by atoms with Crippen LogP contribution in [0.3, 0.4) is 0 Å². The van der Waals surface area contributed by atoms with Gasteiger partial charge >= 0.3 is 0 Å². The van der Waals surface area contributed by atoms with Gasteiger partial charge in [0.2, 0.25) is 11.8 Å². The zero-order valence-corrected chi connectivity index (χ0v) is 21.8. The van der Waals surface area contributed by atoms with Crippen molar-refractivity contribution in [3.8, 4) is 0 Å². The number of hydrogen-bond acceptors (Lipinski definition) is 6. The molecule has 5 fully saturated rings. The van der Waals surface area contributed by atoms with Gasteiger partial charge in [-0.25, -0.2) is 0 Å². The third-order valence-electron chi connectivity index (χ3n) is 10.1. The van der Waals surface area contributed by atoms with E-state index in [0.717, 1.165) is 77.3 Å². The fourth-order valence-corrected chi connectivity index (χ4v) is 7.99. The average molecular weight is 502 g/mol. The van der Waals surface area contributed by atoms with E-state index in [0.29, 0.717) is 29.8 Å². The molecule has 0 aromatic heterocycles. The molecule has 3 saturated heterocycles. The van der Waals surface area contributed by atoms with E-state index in [-0.39, 0.29) is 35.9 Å². The summed E-state index contributed by atoms with van der Waals surface area (Å²) in [6, 6.07) is 0.764. The summed E-state index contributed by atoms with van der Waals surface area (Å²) in [5, 5.41) is 15.0. The molecule has 7 N–H and O–H groups in total. The molecule has 6 atom stereocenters. The molecule has 0 bridgehead atoms. The maximum atomic E-state index is 13.8. The standard InChI is InChI=1S/C27H47N7O2/c28-25(29)20-8-7-19-13-23(27(36)32-24-15-21(9-10-31-24)33-11-1-2-12-33)34(22(19)14-20)16-17-3-5-18(6-4-17)26(30)35/h17-24,31H,1-16H2,(H3,28,29)(H2,30,35)(H,32,36). The minimum absolute atomic E-state index is 0.00405. The molecule has 2 amide bonds. The van der Waals surface area contributed by atoms with E-state index in [9.17, 15) is 9.59 Å². The number of nitrogens with zero attached hydrogens (tertiary/aromatic N) is 2. The molecular formula is C27H47N7O2. The maximum Gasteiger partial charge on any atom is 0.238 e. The van der Waals surface area contributed by atoms with E-state index in [1.807, 2.05) is 0 Å². The summed E-state index contributed by atoms with van der Waals surface area (Å²) < 4.78 is 0. The third-order valence-corrected chi connectivity index (χ3v) is 10.1. The van der Waals surface area contributed by atoms with Gasteiger partial charge < -0.3 is 21.7 Å². The second-order valence-electron chi connectivity index (χ2n) is 12.3. The fraction of sp³-hybridized carbons (Fsp3) is 0.889. The van der Waals surface area contributed by atoms with Gasteiger partial charge in [0.25, 0.3) is 0 Å². The summed E-state index contributed by atoms with van der Waals surface area (Å²) in [5.74, 6) is 1.40. The first-order valence-corrected chi connectivity index (χ1v) is 14.6. The number of amides is 2. The van der Waals surface area contributed by atoms with Gasteiger partial charge in [-0.05, 0) is 109 Å². The van der Waals surface area contributed by atoms with Crippen LogP contribution in [-0.2, 0) is 9.59 Å². The first-order valence-electron chi connectivity index (χ1n) is 14.6. The van der Waals surface area contributed by atoms with Crippen molar-refractivity contribution in [2.45, 2.75) is 101 Å². The van der Waals surface area contributed by atoms with Crippen LogP contribution in [0.1, 0.15) is 77.0 Å². The molecule has 2 aliphatic carbocycles. The normalized spacial score (nSPS) is 40.0. The second kappa shape index (κ2) is 11.4. The largest absolute Gasteiger partial charge is 0.387 e. The molecule has 0 aromatic rings. The van der Waals surface area contributed by atoms with Gasteiger partial charge in [0.05, 0.1) is 18.0 Å². The van der Waals surface area contributed by atoms with Gasteiger partial charge in [-0.2, -0.15) is 0 Å². The first kappa shape index (κ1) is 25.9. The zero-order valence-electron chi connectivity index (χ0n) is 21.8. The molecule has 9 heteroatoms. The molecule has 0 spiro atoms. The fourth-order valence-electron chi connectivity index (χ4n) is 7.99. The monoisotopic (exact) mass is 501 g/mol. The van der Waals surface area contributed by atoms with E-state index in [1.165, 1.54) is 25.9 Å². The lowest BCUT2D eigenvalue weighted by Crippen LogP contribution is -2.58. The molecule has 3 heterocycles. The number of amidine groups is 1. The van der Waals surface area contributed by atoms with Crippen LogP contribution < -0.4 is 22.1 Å². The molecule has 36 heavy (non-hydrogen) atoms. The number of hydrogen-bond donors (Lipinski definition) is 5. The lowest BCUT2D eigenvalue weighted by atomic mass is 9.77. The number of nitrogens with one attached hydrogen (secondary N) is 3. The smallest absolute Gasteiger partial charge is 0.238 e. The van der Waals surface area contributed by atoms with Crippen LogP contribution in [0.15, 0.2) is 0 Å². The summed E-state index contributed by atoms with van der Waals surface area (Å²) in [7, 11) is 0. The van der Waals surface area contributed by atoms with Crippen LogP contribution in [0.2, 0.25) is 0 Å². The summed E-state index contributed by atoms with van der Waals surface area (Å²) >= 11 is 0. The van der Waals surface area contributed by atoms with Gasteiger partial charge in [0.1, 0.15) is 0 Å². The SMILES string of the molecule is N=C(N)C1CCC2CC(C(=O)NC3CC(N4CCCC4)CCN3)N(CC3CCC(C(N)=O)CC3)C2C1. The quantitative estimate of drug-likeness (QED) is 0.264. The summed E-state index contributed by atoms with van der Waals surface area (Å²) in [5.41, 5.74) is 11.5. The number of likely N-dealkylation sites (tertiary alicyclic amines) is 2. The van der Waals surface area contributed by atoms with Gasteiger partial charge in [0, 0.05) is 30.5 Å². The van der Waals surface area contributed by atoms with Crippen LogP contribution >= 0.6 is 0 Å². The lowest BCUT2D eigenvalue weighted by molar-refractivity contribution is -0.127. The highest BCUT2D eigenvalue weighted by atomic mass is 16.2. The number of carbonyl (C=O) groups is 2. The Morgan fingerprint density at radius 3 is 2.33 bits per heavy atom. The Kier molecular flexibility index (Phi) is 8.17. The first-order chi connectivity index (χ1) is 17.4. The topological polar surface area (TPSA) is 141 Å². The van der Waals surface area contributed by atoms with Crippen molar-refractivity contribution >= 4 is 17.6 Å². The van der Waals surface area contributed by atoms with Gasteiger partial charge in [-0.1, -0.05) is 0 Å².